The second-order valence-corrected chi connectivity index (χ2v) is 5.57. The molecule has 2 nitrogen and oxygen atoms in total. The van der Waals surface area contributed by atoms with E-state index in [4.69, 9.17) is 5.73 Å². The predicted octanol–water partition coefficient (Wildman–Crippen LogP) is 2.14. The van der Waals surface area contributed by atoms with E-state index in [1.807, 2.05) is 0 Å². The first-order chi connectivity index (χ1) is 6.52. The number of nitrogens with two attached hydrogens (primary N) is 1. The summed E-state index contributed by atoms with van der Waals surface area (Å²) in [4.78, 5) is 0. The fourth-order valence-corrected chi connectivity index (χ4v) is 1.92. The number of hydrogen-bond acceptors (Lipinski definition) is 2. The van der Waals surface area contributed by atoms with Gasteiger partial charge in [0.25, 0.3) is 0 Å². The van der Waals surface area contributed by atoms with Crippen molar-refractivity contribution in [1.82, 2.24) is 5.32 Å². The lowest BCUT2D eigenvalue weighted by atomic mass is 10.1. The fourth-order valence-electron chi connectivity index (χ4n) is 1.92. The molecule has 14 heavy (non-hydrogen) atoms. The van der Waals surface area contributed by atoms with E-state index in [1.165, 1.54) is 32.4 Å². The van der Waals surface area contributed by atoms with Gasteiger partial charge in [0.05, 0.1) is 0 Å². The fraction of sp³-hybridized carbons (Fsp3) is 1.00. The summed E-state index contributed by atoms with van der Waals surface area (Å²) in [5, 5.41) is 3.54. The van der Waals surface area contributed by atoms with Crippen molar-refractivity contribution >= 4 is 0 Å². The Morgan fingerprint density at radius 3 is 2.57 bits per heavy atom. The first-order valence-electron chi connectivity index (χ1n) is 5.98. The van der Waals surface area contributed by atoms with Crippen LogP contribution < -0.4 is 11.1 Å². The zero-order valence-electron chi connectivity index (χ0n) is 9.97. The molecule has 84 valence electrons. The van der Waals surface area contributed by atoms with Gasteiger partial charge in [0.15, 0.2) is 0 Å². The summed E-state index contributed by atoms with van der Waals surface area (Å²) in [6.45, 7) is 9.18. The van der Waals surface area contributed by atoms with Gasteiger partial charge >= 0.3 is 0 Å². The number of nitrogens with one attached hydrogen (secondary N) is 1. The molecule has 0 saturated heterocycles. The number of hydrogen-bond donors (Lipinski definition) is 2. The van der Waals surface area contributed by atoms with E-state index in [9.17, 15) is 0 Å². The molecule has 0 radical (unpaired) electrons. The molecule has 2 heteroatoms. The maximum Gasteiger partial charge on any atom is 0.00104 e. The molecule has 1 rings (SSSR count). The summed E-state index contributed by atoms with van der Waals surface area (Å²) in [7, 11) is 0. The van der Waals surface area contributed by atoms with Crippen molar-refractivity contribution in [2.24, 2.45) is 17.1 Å². The van der Waals surface area contributed by atoms with Gasteiger partial charge in [-0.1, -0.05) is 20.3 Å². The Morgan fingerprint density at radius 1 is 1.43 bits per heavy atom. The van der Waals surface area contributed by atoms with E-state index >= 15 is 0 Å². The van der Waals surface area contributed by atoms with Crippen LogP contribution in [0, 0.1) is 11.3 Å². The summed E-state index contributed by atoms with van der Waals surface area (Å²) in [6, 6.07) is 0.373. The minimum absolute atomic E-state index is 0.373. The first kappa shape index (κ1) is 12.0. The van der Waals surface area contributed by atoms with Crippen molar-refractivity contribution in [2.75, 3.05) is 13.1 Å². The molecule has 1 aliphatic rings. The maximum atomic E-state index is 5.68. The predicted molar refractivity (Wildman–Crippen MR) is 62.3 cm³/mol. The van der Waals surface area contributed by atoms with Gasteiger partial charge < -0.3 is 11.1 Å². The minimum atomic E-state index is 0.373. The van der Waals surface area contributed by atoms with Gasteiger partial charge in [-0.2, -0.15) is 0 Å². The van der Waals surface area contributed by atoms with Gasteiger partial charge in [0, 0.05) is 6.04 Å². The van der Waals surface area contributed by atoms with Crippen LogP contribution in [0.25, 0.3) is 0 Å². The third-order valence-corrected chi connectivity index (χ3v) is 3.37. The second-order valence-electron chi connectivity index (χ2n) is 5.57. The molecule has 2 atom stereocenters. The van der Waals surface area contributed by atoms with Crippen LogP contribution in [0.1, 0.15) is 46.5 Å². The van der Waals surface area contributed by atoms with Crippen molar-refractivity contribution in [3.05, 3.63) is 0 Å². The molecule has 0 aromatic heterocycles. The van der Waals surface area contributed by atoms with Crippen LogP contribution in [-0.2, 0) is 0 Å². The Bertz CT molecular complexity index is 164. The summed E-state index contributed by atoms with van der Waals surface area (Å²) in [5.74, 6) is 0.927. The van der Waals surface area contributed by atoms with E-state index in [2.05, 4.69) is 26.1 Å². The zero-order chi connectivity index (χ0) is 10.6. The molecule has 1 saturated carbocycles. The highest BCUT2D eigenvalue weighted by molar-refractivity contribution is 4.95. The quantitative estimate of drug-likeness (QED) is 0.615. The van der Waals surface area contributed by atoms with E-state index < -0.39 is 0 Å². The average molecular weight is 198 g/mol. The molecule has 0 aliphatic heterocycles. The highest BCUT2D eigenvalue weighted by atomic mass is 14.9. The smallest absolute Gasteiger partial charge is 0.00104 e. The van der Waals surface area contributed by atoms with Crippen LogP contribution in [0.15, 0.2) is 0 Å². The largest absolute Gasteiger partial charge is 0.328 e. The molecule has 3 N–H and O–H groups in total. The Hall–Kier alpha value is -0.0800. The monoisotopic (exact) mass is 198 g/mol. The van der Waals surface area contributed by atoms with E-state index in [0.29, 0.717) is 11.5 Å². The molecule has 0 amide bonds. The van der Waals surface area contributed by atoms with Crippen LogP contribution in [-0.4, -0.2) is 19.1 Å². The molecule has 0 bridgehead atoms. The van der Waals surface area contributed by atoms with Gasteiger partial charge in [-0.3, -0.25) is 0 Å². The molecule has 0 heterocycles. The first-order valence-corrected chi connectivity index (χ1v) is 5.98. The Morgan fingerprint density at radius 2 is 2.07 bits per heavy atom. The van der Waals surface area contributed by atoms with E-state index in [-0.39, 0.29) is 0 Å². The second kappa shape index (κ2) is 5.13. The summed E-state index contributed by atoms with van der Waals surface area (Å²) < 4.78 is 0. The van der Waals surface area contributed by atoms with Crippen LogP contribution in [0.3, 0.4) is 0 Å². The van der Waals surface area contributed by atoms with Crippen LogP contribution in [0.2, 0.25) is 0 Å². The lowest BCUT2D eigenvalue weighted by Gasteiger charge is -2.07. The topological polar surface area (TPSA) is 38.0 Å². The third-order valence-electron chi connectivity index (χ3n) is 3.37. The van der Waals surface area contributed by atoms with Crippen molar-refractivity contribution in [3.63, 3.8) is 0 Å². The van der Waals surface area contributed by atoms with Crippen molar-refractivity contribution in [1.29, 1.82) is 0 Å². The van der Waals surface area contributed by atoms with Crippen molar-refractivity contribution in [2.45, 2.75) is 52.5 Å². The molecular formula is C12H26N2. The molecular weight excluding hydrogens is 172 g/mol. The lowest BCUT2D eigenvalue weighted by molar-refractivity contribution is 0.503. The van der Waals surface area contributed by atoms with E-state index in [0.717, 1.165) is 12.3 Å². The zero-order valence-corrected chi connectivity index (χ0v) is 9.97. The van der Waals surface area contributed by atoms with Gasteiger partial charge in [-0.15, -0.1) is 0 Å². The number of rotatable bonds is 7. The van der Waals surface area contributed by atoms with Gasteiger partial charge in [-0.25, -0.2) is 0 Å². The molecule has 1 aliphatic carbocycles. The van der Waals surface area contributed by atoms with E-state index in [1.54, 1.807) is 0 Å². The Kier molecular flexibility index (Phi) is 4.39. The molecule has 0 spiro atoms. The normalized spacial score (nSPS) is 26.1. The van der Waals surface area contributed by atoms with Gasteiger partial charge in [-0.05, 0) is 50.6 Å². The molecule has 1 fully saturated rings. The van der Waals surface area contributed by atoms with Crippen molar-refractivity contribution in [3.8, 4) is 0 Å². The Labute approximate surface area is 88.6 Å². The molecule has 0 aromatic carbocycles. The molecule has 0 aromatic rings. The summed E-state index contributed by atoms with van der Waals surface area (Å²) >= 11 is 0. The minimum Gasteiger partial charge on any atom is -0.328 e. The lowest BCUT2D eigenvalue weighted by Crippen LogP contribution is -2.20. The van der Waals surface area contributed by atoms with Crippen LogP contribution in [0.5, 0.6) is 0 Å². The third kappa shape index (κ3) is 4.43. The summed E-state index contributed by atoms with van der Waals surface area (Å²) in [5.41, 5.74) is 6.30. The maximum absolute atomic E-state index is 5.68. The molecule has 2 unspecified atom stereocenters. The SMILES string of the molecule is CC(N)CCCCNCC1CC1(C)C. The van der Waals surface area contributed by atoms with Gasteiger partial charge in [0.1, 0.15) is 0 Å². The average Bonchev–Trinajstić information content (AvgIpc) is 2.66. The van der Waals surface area contributed by atoms with Crippen molar-refractivity contribution < 1.29 is 0 Å². The standard InChI is InChI=1S/C12H26N2/c1-10(13)6-4-5-7-14-9-11-8-12(11,2)3/h10-11,14H,4-9,13H2,1-3H3. The highest BCUT2D eigenvalue weighted by Crippen LogP contribution is 2.50. The van der Waals surface area contributed by atoms with Gasteiger partial charge in [0.2, 0.25) is 0 Å². The number of unbranched alkanes of at least 4 members (excludes halogenated alkanes) is 1. The highest BCUT2D eigenvalue weighted by Gasteiger charge is 2.44. The van der Waals surface area contributed by atoms with Crippen LogP contribution >= 0.6 is 0 Å². The Balaban J connectivity index is 1.82. The van der Waals surface area contributed by atoms with Crippen LogP contribution in [0.4, 0.5) is 0 Å². The summed E-state index contributed by atoms with van der Waals surface area (Å²) in [6.07, 6.45) is 5.10.